The van der Waals surface area contributed by atoms with Crippen LogP contribution in [0.2, 0.25) is 35.2 Å². The fraction of sp³-hybridized carbons (Fsp3) is 0.406. The van der Waals surface area contributed by atoms with Gasteiger partial charge in [-0.15, -0.1) is 0 Å². The third-order valence-corrected chi connectivity index (χ3v) is 27.2. The fourth-order valence-corrected chi connectivity index (χ4v) is 15.0. The van der Waals surface area contributed by atoms with Gasteiger partial charge < -0.3 is 9.80 Å². The Morgan fingerprint density at radius 1 is 0.199 bits per heavy atom. The normalized spacial score (nSPS) is 10.5. The van der Waals surface area contributed by atoms with Crippen LogP contribution < -0.4 is 9.80 Å². The van der Waals surface area contributed by atoms with Gasteiger partial charge in [0.25, 0.3) is 0 Å². The van der Waals surface area contributed by atoms with Crippen molar-refractivity contribution in [3.8, 4) is 0 Å². The molecule has 794 valence electrons. The molecule has 0 aliphatic heterocycles. The van der Waals surface area contributed by atoms with E-state index in [2.05, 4.69) is 346 Å². The maximum Gasteiger partial charge on any atom is 0.190 e. The van der Waals surface area contributed by atoms with Crippen LogP contribution in [0, 0.1) is 100 Å². The molecule has 0 fully saturated rings. The van der Waals surface area contributed by atoms with Gasteiger partial charge in [-0.1, -0.05) is 448 Å². The Kier molecular flexibility index (Phi) is 63.9. The maximum absolute atomic E-state index is 13.4. The zero-order valence-electron chi connectivity index (χ0n) is 96.3. The molecule has 0 heterocycles. The molecule has 13 heteroatoms. The Bertz CT molecular complexity index is 5420. The molecule has 13 aromatic carbocycles. The molecule has 3 nitrogen and oxygen atoms in total. The third-order valence-electron chi connectivity index (χ3n) is 24.5. The molecule has 0 saturated heterocycles. The molecule has 146 heavy (non-hydrogen) atoms. The zero-order chi connectivity index (χ0) is 112. The van der Waals surface area contributed by atoms with E-state index in [1.54, 1.807) is 30.0 Å². The van der Waals surface area contributed by atoms with Crippen molar-refractivity contribution < 1.29 is 13.2 Å². The van der Waals surface area contributed by atoms with Crippen molar-refractivity contribution in [2.75, 3.05) is 38.0 Å². The van der Waals surface area contributed by atoms with Gasteiger partial charge in [0.05, 0.1) is 33.0 Å². The first-order chi connectivity index (χ1) is 67.9. The first-order valence-corrected chi connectivity index (χ1v) is 54.2. The van der Waals surface area contributed by atoms with Crippen LogP contribution in [0.15, 0.2) is 249 Å². The zero-order valence-corrected chi connectivity index (χ0v) is 102. The summed E-state index contributed by atoms with van der Waals surface area (Å²) >= 11 is 41.3. The first-order valence-electron chi connectivity index (χ1n) is 51.6. The Morgan fingerprint density at radius 2 is 0.486 bits per heavy atom. The van der Waals surface area contributed by atoms with Crippen LogP contribution in [-0.4, -0.2) is 28.2 Å². The minimum Gasteiger partial charge on any atom is -0.376 e. The van der Waals surface area contributed by atoms with E-state index in [0.717, 1.165) is 86.6 Å². The molecule has 0 atom stereocenters. The van der Waals surface area contributed by atoms with E-state index in [1.807, 2.05) is 166 Å². The van der Waals surface area contributed by atoms with Crippen molar-refractivity contribution in [3.63, 3.8) is 0 Å². The Hall–Kier alpha value is -9.23. The van der Waals surface area contributed by atoms with Gasteiger partial charge in [0.15, 0.2) is 5.69 Å². The molecule has 0 aromatic heterocycles. The Balaban J connectivity index is 0.000000791. The summed E-state index contributed by atoms with van der Waals surface area (Å²) in [4.78, 5) is 7.26. The summed E-state index contributed by atoms with van der Waals surface area (Å²) < 4.78 is 39.0. The summed E-state index contributed by atoms with van der Waals surface area (Å²) in [5.74, 6) is 6.71. The van der Waals surface area contributed by atoms with Crippen molar-refractivity contribution in [3.05, 3.63) is 446 Å². The molecule has 0 N–H and O–H groups in total. The average molecular weight is 2120 g/mol. The lowest BCUT2D eigenvalue weighted by molar-refractivity contribution is 0.616. The standard InChI is InChI=1S/C11H16ClN.C11H16FN.C11H13N.C11H16.4C10H13Cl.2C10H13F.2C10H14.C9H10Cl2/c2*1-8(2)9-5-6-11(13(3)4)10(12)7-9;1-8(2)10-6-5-9(3)11(7-10)12-4;1-8(2)11-6-5-9(3)10(4)7-11;3*1-7(2)9-4-5-10(11)8(3)6-9;1-7(2)9-5-4-8(3)10(11)6-9;1-7(2)9-4-8(3)5-10(11)6-9;1-7(2)9-4-5-10(11)8(3)6-9;1-8(2)10-6-4-9(3)5-7-10;1-8(2)10-6-4-5-9(3)7-10;1-6(2)7-3-4-8(10)9(11)5-7/h2*5-8H,1-4H3;5-8H,1-3H3;5-8H,1-4H3;6*4-7H,1-3H3;2*4-8H,1-3H3;3-6H,1-2H3. The van der Waals surface area contributed by atoms with Crippen LogP contribution in [-0.2, 0) is 0 Å². The lowest BCUT2D eigenvalue weighted by Crippen LogP contribution is -2.10. The molecular formula is C133H177Cl7F3N3. The summed E-state index contributed by atoms with van der Waals surface area (Å²) in [6.07, 6.45) is 0. The molecule has 0 aliphatic rings. The quantitative estimate of drug-likeness (QED) is 0.0948. The average Bonchev–Trinajstić information content (AvgIpc) is 0.949. The smallest absolute Gasteiger partial charge is 0.190 e. The molecular weight excluding hydrogens is 1940 g/mol. The molecule has 0 aliphatic carbocycles. The van der Waals surface area contributed by atoms with E-state index >= 15 is 0 Å². The van der Waals surface area contributed by atoms with Crippen LogP contribution in [0.25, 0.3) is 4.85 Å². The summed E-state index contributed by atoms with van der Waals surface area (Å²) in [6.45, 7) is 85.4. The van der Waals surface area contributed by atoms with Gasteiger partial charge in [-0.25, -0.2) is 18.0 Å². The van der Waals surface area contributed by atoms with Crippen LogP contribution in [0.4, 0.5) is 30.2 Å². The third kappa shape index (κ3) is 52.3. The largest absolute Gasteiger partial charge is 0.376 e. The van der Waals surface area contributed by atoms with Crippen LogP contribution in [0.5, 0.6) is 0 Å². The number of hydrogen-bond acceptors (Lipinski definition) is 2. The second-order valence-corrected chi connectivity index (χ2v) is 45.2. The fourth-order valence-electron chi connectivity index (χ4n) is 13.7. The van der Waals surface area contributed by atoms with Gasteiger partial charge in [-0.05, 0) is 349 Å². The number of benzene rings is 13. The predicted octanol–water partition coefficient (Wildman–Crippen LogP) is 45.6. The molecule has 13 rings (SSSR count). The van der Waals surface area contributed by atoms with E-state index in [-0.39, 0.29) is 17.5 Å². The Morgan fingerprint density at radius 3 is 0.801 bits per heavy atom. The van der Waals surface area contributed by atoms with E-state index in [1.165, 1.54) is 89.5 Å². The Labute approximate surface area is 921 Å². The lowest BCUT2D eigenvalue weighted by atomic mass is 9.99. The van der Waals surface area contributed by atoms with Crippen molar-refractivity contribution in [2.45, 2.75) is 333 Å². The van der Waals surface area contributed by atoms with Crippen molar-refractivity contribution in [1.29, 1.82) is 0 Å². The van der Waals surface area contributed by atoms with Crippen LogP contribution >= 0.6 is 81.2 Å². The van der Waals surface area contributed by atoms with Crippen LogP contribution in [0.1, 0.15) is 390 Å². The predicted molar refractivity (Wildman–Crippen MR) is 649 cm³/mol. The number of aryl methyl sites for hydroxylation is 11. The van der Waals surface area contributed by atoms with Crippen LogP contribution in [0.3, 0.4) is 0 Å². The van der Waals surface area contributed by atoms with Gasteiger partial charge in [-0.3, -0.25) is 0 Å². The number of rotatable bonds is 15. The van der Waals surface area contributed by atoms with Crippen molar-refractivity contribution >= 4 is 98.3 Å². The molecule has 0 saturated carbocycles. The highest BCUT2D eigenvalue weighted by Crippen LogP contribution is 2.33. The molecule has 0 radical (unpaired) electrons. The highest BCUT2D eigenvalue weighted by molar-refractivity contribution is 6.42. The second kappa shape index (κ2) is 69.2. The maximum atomic E-state index is 13.4. The molecule has 0 amide bonds. The van der Waals surface area contributed by atoms with E-state index in [9.17, 15) is 13.2 Å². The molecule has 0 spiro atoms. The van der Waals surface area contributed by atoms with Gasteiger partial charge in [0.2, 0.25) is 0 Å². The molecule has 0 bridgehead atoms. The first kappa shape index (κ1) is 135. The van der Waals surface area contributed by atoms with Gasteiger partial charge in [0, 0.05) is 48.3 Å². The lowest BCUT2D eigenvalue weighted by Gasteiger charge is -2.16. The number of halogens is 10. The van der Waals surface area contributed by atoms with E-state index < -0.39 is 0 Å². The van der Waals surface area contributed by atoms with Crippen molar-refractivity contribution in [2.24, 2.45) is 0 Å². The second-order valence-electron chi connectivity index (χ2n) is 42.3. The summed E-state index contributed by atoms with van der Waals surface area (Å²) in [5.41, 5.74) is 32.1. The summed E-state index contributed by atoms with van der Waals surface area (Å²) in [5, 5.41) is 5.53. The minimum atomic E-state index is -0.142. The molecule has 13 aromatic rings. The monoisotopic (exact) mass is 2120 g/mol. The van der Waals surface area contributed by atoms with E-state index in [0.29, 0.717) is 92.7 Å². The summed E-state index contributed by atoms with van der Waals surface area (Å²) in [7, 11) is 7.67. The highest BCUT2D eigenvalue weighted by atomic mass is 35.5. The SMILES string of the molecule is CC(C)c1ccc(Cl)c(Cl)c1.CC(C)c1ccc(N(C)C)c(Cl)c1.CC(C)c1ccc(N(C)C)c(F)c1.Cc1cc(C(C)C)ccc1Cl.Cc1cc(C(C)C)ccc1Cl.Cc1cc(C(C)C)ccc1Cl.Cc1cc(C(C)C)ccc1F.Cc1cc(F)cc(C(C)C)c1.Cc1ccc(C(C)C)cc1.Cc1ccc(C(C)C)cc1C.Cc1ccc(C(C)C)cc1Cl.Cc1cccc(C(C)C)c1.[C-]#[N+]c1cc(C(C)C)ccc1C. The minimum absolute atomic E-state index is 0.116. The summed E-state index contributed by atoms with van der Waals surface area (Å²) in [6, 6.07) is 82.8. The number of hydrogen-bond donors (Lipinski definition) is 0. The number of nitrogens with zero attached hydrogens (tertiary/aromatic N) is 3. The van der Waals surface area contributed by atoms with Gasteiger partial charge in [0.1, 0.15) is 17.5 Å². The topological polar surface area (TPSA) is 10.8 Å². The highest BCUT2D eigenvalue weighted by Gasteiger charge is 2.13. The van der Waals surface area contributed by atoms with Crippen molar-refractivity contribution in [1.82, 2.24) is 0 Å². The van der Waals surface area contributed by atoms with Gasteiger partial charge in [-0.2, -0.15) is 0 Å². The van der Waals surface area contributed by atoms with E-state index in [4.69, 9.17) is 87.8 Å². The number of anilines is 2. The molecule has 0 unspecified atom stereocenters. The van der Waals surface area contributed by atoms with Gasteiger partial charge >= 0.3 is 0 Å².